The molecule has 0 saturated heterocycles. The summed E-state index contributed by atoms with van der Waals surface area (Å²) in [5, 5.41) is 6.14. The molecule has 2 heterocycles. The van der Waals surface area contributed by atoms with Gasteiger partial charge in [-0.2, -0.15) is 0 Å². The average Bonchev–Trinajstić information content (AvgIpc) is 2.59. The van der Waals surface area contributed by atoms with Crippen molar-refractivity contribution in [2.24, 2.45) is 7.05 Å². The summed E-state index contributed by atoms with van der Waals surface area (Å²) in [5.41, 5.74) is 5.91. The van der Waals surface area contributed by atoms with E-state index in [2.05, 4.69) is 86.3 Å². The Morgan fingerprint density at radius 1 is 0.760 bits per heavy atom. The van der Waals surface area contributed by atoms with Crippen LogP contribution in [-0.2, 0) is 7.05 Å². The molecule has 5 aromatic rings. The summed E-state index contributed by atoms with van der Waals surface area (Å²) in [6.45, 7) is 4.27. The zero-order chi connectivity index (χ0) is 17.1. The lowest BCUT2D eigenvalue weighted by molar-refractivity contribution is -0.643. The van der Waals surface area contributed by atoms with Crippen molar-refractivity contribution >= 4 is 43.5 Å². The molecule has 0 aliphatic heterocycles. The highest BCUT2D eigenvalue weighted by Crippen LogP contribution is 2.31. The van der Waals surface area contributed by atoms with E-state index in [9.17, 15) is 0 Å². The summed E-state index contributed by atoms with van der Waals surface area (Å²) in [7, 11) is 2.11. The minimum absolute atomic E-state index is 1.06. The van der Waals surface area contributed by atoms with Gasteiger partial charge in [-0.05, 0) is 44.2 Å². The standard InChI is InChI=1S/C23H19N2/c1-14-4-8-20-18(10-14)12-16-6-7-17-13-25(3)21-9-5-15(2)11-19(21)22(17)23(16)24-20/h4-13H,1-3H3/q+1. The smallest absolute Gasteiger partial charge is 0.212 e. The Labute approximate surface area is 146 Å². The van der Waals surface area contributed by atoms with E-state index in [0.717, 1.165) is 11.0 Å². The average molecular weight is 323 g/mol. The molecule has 120 valence electrons. The first kappa shape index (κ1) is 14.4. The molecule has 2 heteroatoms. The van der Waals surface area contributed by atoms with E-state index in [4.69, 9.17) is 4.98 Å². The van der Waals surface area contributed by atoms with Crippen molar-refractivity contribution in [1.82, 2.24) is 4.98 Å². The summed E-state index contributed by atoms with van der Waals surface area (Å²) >= 11 is 0. The molecular weight excluding hydrogens is 304 g/mol. The third-order valence-electron chi connectivity index (χ3n) is 5.10. The fourth-order valence-electron chi connectivity index (χ4n) is 3.87. The van der Waals surface area contributed by atoms with Crippen molar-refractivity contribution in [3.63, 3.8) is 0 Å². The van der Waals surface area contributed by atoms with Crippen molar-refractivity contribution in [2.45, 2.75) is 13.8 Å². The quantitative estimate of drug-likeness (QED) is 0.219. The number of hydrogen-bond donors (Lipinski definition) is 0. The van der Waals surface area contributed by atoms with Gasteiger partial charge in [0.2, 0.25) is 5.52 Å². The SMILES string of the molecule is Cc1ccc2nc3c(ccc4c[n+](C)c5ccc(C)cc5c43)cc2c1. The number of hydrogen-bond acceptors (Lipinski definition) is 1. The summed E-state index contributed by atoms with van der Waals surface area (Å²) in [4.78, 5) is 5.05. The second kappa shape index (κ2) is 5.00. The molecule has 0 fully saturated rings. The molecule has 0 aliphatic carbocycles. The number of pyridine rings is 2. The third-order valence-corrected chi connectivity index (χ3v) is 5.10. The Bertz CT molecular complexity index is 1320. The largest absolute Gasteiger partial charge is 0.247 e. The number of aryl methyl sites for hydroxylation is 3. The van der Waals surface area contributed by atoms with Gasteiger partial charge in [-0.25, -0.2) is 9.55 Å². The first-order chi connectivity index (χ1) is 12.1. The van der Waals surface area contributed by atoms with Crippen LogP contribution in [0.2, 0.25) is 0 Å². The van der Waals surface area contributed by atoms with Gasteiger partial charge in [0.15, 0.2) is 6.20 Å². The molecule has 0 atom stereocenters. The second-order valence-corrected chi connectivity index (χ2v) is 7.05. The molecule has 2 aromatic heterocycles. The lowest BCUT2D eigenvalue weighted by atomic mass is 10.00. The molecule has 0 amide bonds. The van der Waals surface area contributed by atoms with Gasteiger partial charge in [-0.1, -0.05) is 29.3 Å². The van der Waals surface area contributed by atoms with Gasteiger partial charge in [0.25, 0.3) is 0 Å². The second-order valence-electron chi connectivity index (χ2n) is 7.05. The van der Waals surface area contributed by atoms with Crippen LogP contribution in [0.4, 0.5) is 0 Å². The third kappa shape index (κ3) is 2.11. The lowest BCUT2D eigenvalue weighted by Gasteiger charge is -2.08. The van der Waals surface area contributed by atoms with E-state index in [0.29, 0.717) is 0 Å². The highest BCUT2D eigenvalue weighted by atomic mass is 14.9. The van der Waals surface area contributed by atoms with Crippen molar-refractivity contribution < 1.29 is 4.57 Å². The van der Waals surface area contributed by atoms with Crippen LogP contribution in [0.25, 0.3) is 43.5 Å². The monoisotopic (exact) mass is 323 g/mol. The molecule has 0 radical (unpaired) electrons. The van der Waals surface area contributed by atoms with Crippen LogP contribution in [0.3, 0.4) is 0 Å². The molecule has 0 spiro atoms. The lowest BCUT2D eigenvalue weighted by Crippen LogP contribution is -2.28. The normalized spacial score (nSPS) is 11.8. The predicted octanol–water partition coefficient (Wildman–Crippen LogP) is 5.14. The Morgan fingerprint density at radius 3 is 2.40 bits per heavy atom. The maximum Gasteiger partial charge on any atom is 0.212 e. The number of aromatic nitrogens is 2. The maximum atomic E-state index is 5.05. The topological polar surface area (TPSA) is 16.8 Å². The molecule has 3 aromatic carbocycles. The van der Waals surface area contributed by atoms with Gasteiger partial charge in [0.1, 0.15) is 7.05 Å². The molecular formula is C23H19N2+. The number of nitrogens with zero attached hydrogens (tertiary/aromatic N) is 2. The van der Waals surface area contributed by atoms with Crippen molar-refractivity contribution in [2.75, 3.05) is 0 Å². The first-order valence-electron chi connectivity index (χ1n) is 8.63. The van der Waals surface area contributed by atoms with Crippen LogP contribution >= 0.6 is 0 Å². The van der Waals surface area contributed by atoms with Gasteiger partial charge < -0.3 is 0 Å². The Hall–Kier alpha value is -3.00. The van der Waals surface area contributed by atoms with E-state index < -0.39 is 0 Å². The highest BCUT2D eigenvalue weighted by molar-refractivity contribution is 6.18. The van der Waals surface area contributed by atoms with Crippen LogP contribution in [0.15, 0.2) is 60.8 Å². The Balaban J connectivity index is 2.05. The maximum absolute atomic E-state index is 5.05. The summed E-state index contributed by atoms with van der Waals surface area (Å²) < 4.78 is 2.20. The molecule has 0 unspecified atom stereocenters. The van der Waals surface area contributed by atoms with E-state index in [-0.39, 0.29) is 0 Å². The number of rotatable bonds is 0. The highest BCUT2D eigenvalue weighted by Gasteiger charge is 2.14. The first-order valence-corrected chi connectivity index (χ1v) is 8.63. The number of benzene rings is 3. The van der Waals surface area contributed by atoms with E-state index >= 15 is 0 Å². The fraction of sp³-hybridized carbons (Fsp3) is 0.130. The minimum Gasteiger partial charge on any atom is -0.247 e. The zero-order valence-electron chi connectivity index (χ0n) is 14.7. The fourth-order valence-corrected chi connectivity index (χ4v) is 3.87. The van der Waals surface area contributed by atoms with E-state index in [1.165, 1.54) is 43.6 Å². The van der Waals surface area contributed by atoms with Gasteiger partial charge in [-0.3, -0.25) is 0 Å². The van der Waals surface area contributed by atoms with Gasteiger partial charge in [0.05, 0.1) is 16.4 Å². The molecule has 25 heavy (non-hydrogen) atoms. The molecule has 0 saturated carbocycles. The molecule has 5 rings (SSSR count). The van der Waals surface area contributed by atoms with Gasteiger partial charge in [0, 0.05) is 27.6 Å². The van der Waals surface area contributed by atoms with E-state index in [1.54, 1.807) is 0 Å². The minimum atomic E-state index is 1.06. The molecule has 0 bridgehead atoms. The molecule has 2 nitrogen and oxygen atoms in total. The van der Waals surface area contributed by atoms with Crippen LogP contribution in [0, 0.1) is 13.8 Å². The Morgan fingerprint density at radius 2 is 1.52 bits per heavy atom. The number of fused-ring (bicyclic) bond motifs is 6. The van der Waals surface area contributed by atoms with Crippen molar-refractivity contribution in [1.29, 1.82) is 0 Å². The van der Waals surface area contributed by atoms with Crippen LogP contribution < -0.4 is 4.57 Å². The zero-order valence-corrected chi connectivity index (χ0v) is 14.7. The molecule has 0 N–H and O–H groups in total. The summed E-state index contributed by atoms with van der Waals surface area (Å²) in [6, 6.07) is 19.8. The Kier molecular flexibility index (Phi) is 2.87. The van der Waals surface area contributed by atoms with Crippen molar-refractivity contribution in [3.8, 4) is 0 Å². The summed E-state index contributed by atoms with van der Waals surface area (Å²) in [5.74, 6) is 0. The van der Waals surface area contributed by atoms with Gasteiger partial charge >= 0.3 is 0 Å². The summed E-state index contributed by atoms with van der Waals surface area (Å²) in [6.07, 6.45) is 2.20. The van der Waals surface area contributed by atoms with Crippen LogP contribution in [0.1, 0.15) is 11.1 Å². The van der Waals surface area contributed by atoms with E-state index in [1.807, 2.05) is 0 Å². The van der Waals surface area contributed by atoms with Crippen LogP contribution in [-0.4, -0.2) is 4.98 Å². The van der Waals surface area contributed by atoms with Gasteiger partial charge in [-0.15, -0.1) is 0 Å². The van der Waals surface area contributed by atoms with Crippen molar-refractivity contribution in [3.05, 3.63) is 71.9 Å². The molecule has 0 aliphatic rings. The van der Waals surface area contributed by atoms with Crippen LogP contribution in [0.5, 0.6) is 0 Å². The predicted molar refractivity (Wildman–Crippen MR) is 105 cm³/mol.